The maximum Gasteiger partial charge on any atom is 0.220 e. The Morgan fingerprint density at radius 2 is 2.39 bits per heavy atom. The minimum absolute atomic E-state index is 0.0615. The third kappa shape index (κ3) is 4.18. The summed E-state index contributed by atoms with van der Waals surface area (Å²) in [4.78, 5) is 11.6. The van der Waals surface area contributed by atoms with Crippen molar-refractivity contribution in [1.29, 1.82) is 0 Å². The van der Waals surface area contributed by atoms with E-state index in [1.165, 1.54) is 0 Å². The molecule has 0 aromatic carbocycles. The zero-order valence-corrected chi connectivity index (χ0v) is 10.6. The van der Waals surface area contributed by atoms with Crippen LogP contribution in [0.1, 0.15) is 37.9 Å². The minimum Gasteiger partial charge on any atom is -0.469 e. The Kier molecular flexibility index (Phi) is 4.81. The molecule has 1 aliphatic carbocycles. The van der Waals surface area contributed by atoms with Gasteiger partial charge in [-0.2, -0.15) is 0 Å². The van der Waals surface area contributed by atoms with Crippen LogP contribution in [0.5, 0.6) is 0 Å². The zero-order chi connectivity index (χ0) is 12.8. The normalized spacial score (nSPS) is 23.8. The molecule has 0 saturated heterocycles. The van der Waals surface area contributed by atoms with E-state index in [4.69, 9.17) is 4.42 Å². The van der Waals surface area contributed by atoms with Gasteiger partial charge in [0.05, 0.1) is 12.4 Å². The van der Waals surface area contributed by atoms with Gasteiger partial charge >= 0.3 is 0 Å². The van der Waals surface area contributed by atoms with E-state index in [1.807, 2.05) is 12.1 Å². The van der Waals surface area contributed by atoms with Crippen molar-refractivity contribution in [3.05, 3.63) is 24.2 Å². The van der Waals surface area contributed by atoms with Crippen LogP contribution in [-0.4, -0.2) is 23.7 Å². The summed E-state index contributed by atoms with van der Waals surface area (Å²) < 4.78 is 5.18. The fourth-order valence-corrected chi connectivity index (χ4v) is 2.49. The van der Waals surface area contributed by atoms with Gasteiger partial charge < -0.3 is 14.8 Å². The zero-order valence-electron chi connectivity index (χ0n) is 10.6. The molecule has 1 aromatic heterocycles. The summed E-state index contributed by atoms with van der Waals surface area (Å²) >= 11 is 0. The highest BCUT2D eigenvalue weighted by Gasteiger charge is 2.20. The molecule has 18 heavy (non-hydrogen) atoms. The average molecular weight is 251 g/mol. The molecule has 1 amide bonds. The predicted molar refractivity (Wildman–Crippen MR) is 68.0 cm³/mol. The van der Waals surface area contributed by atoms with Gasteiger partial charge in [-0.15, -0.1) is 0 Å². The summed E-state index contributed by atoms with van der Waals surface area (Å²) in [6.45, 7) is 0.689. The summed E-state index contributed by atoms with van der Waals surface area (Å²) in [6, 6.07) is 3.71. The minimum atomic E-state index is -0.177. The maximum atomic E-state index is 11.6. The standard InChI is InChI=1S/C14H21NO3/c16-12-4-1-3-11(9-12)10-15-14(17)7-6-13-5-2-8-18-13/h2,5,8,11-12,16H,1,3-4,6-7,9-10H2,(H,15,17). The number of aliphatic hydroxyl groups excluding tert-OH is 1. The van der Waals surface area contributed by atoms with Crippen molar-refractivity contribution < 1.29 is 14.3 Å². The van der Waals surface area contributed by atoms with Crippen molar-refractivity contribution in [2.45, 2.75) is 44.6 Å². The van der Waals surface area contributed by atoms with E-state index >= 15 is 0 Å². The molecular formula is C14H21NO3. The van der Waals surface area contributed by atoms with Crippen molar-refractivity contribution in [2.24, 2.45) is 5.92 Å². The molecule has 4 heteroatoms. The van der Waals surface area contributed by atoms with Crippen LogP contribution >= 0.6 is 0 Å². The highest BCUT2D eigenvalue weighted by atomic mass is 16.3. The van der Waals surface area contributed by atoms with Gasteiger partial charge in [0.25, 0.3) is 0 Å². The smallest absolute Gasteiger partial charge is 0.220 e. The Labute approximate surface area is 107 Å². The quantitative estimate of drug-likeness (QED) is 0.840. The fraction of sp³-hybridized carbons (Fsp3) is 0.643. The number of carbonyl (C=O) groups excluding carboxylic acids is 1. The third-order valence-corrected chi connectivity index (χ3v) is 3.52. The predicted octanol–water partition coefficient (Wildman–Crippen LogP) is 1.88. The number of amides is 1. The first-order chi connectivity index (χ1) is 8.74. The van der Waals surface area contributed by atoms with E-state index in [0.29, 0.717) is 25.3 Å². The number of rotatable bonds is 5. The third-order valence-electron chi connectivity index (χ3n) is 3.52. The molecule has 1 heterocycles. The van der Waals surface area contributed by atoms with Crippen LogP contribution in [0.4, 0.5) is 0 Å². The topological polar surface area (TPSA) is 62.5 Å². The van der Waals surface area contributed by atoms with Gasteiger partial charge in [-0.1, -0.05) is 6.42 Å². The summed E-state index contributed by atoms with van der Waals surface area (Å²) in [5.74, 6) is 1.34. The van der Waals surface area contributed by atoms with E-state index in [9.17, 15) is 9.90 Å². The van der Waals surface area contributed by atoms with Gasteiger partial charge in [0.1, 0.15) is 5.76 Å². The maximum absolute atomic E-state index is 11.6. The number of hydrogen-bond acceptors (Lipinski definition) is 3. The van der Waals surface area contributed by atoms with E-state index < -0.39 is 0 Å². The van der Waals surface area contributed by atoms with Crippen molar-refractivity contribution in [3.63, 3.8) is 0 Å². The molecule has 2 unspecified atom stereocenters. The van der Waals surface area contributed by atoms with Gasteiger partial charge in [0, 0.05) is 19.4 Å². The van der Waals surface area contributed by atoms with Crippen LogP contribution in [0, 0.1) is 5.92 Å². The van der Waals surface area contributed by atoms with Gasteiger partial charge in [-0.05, 0) is 37.3 Å². The van der Waals surface area contributed by atoms with Crippen LogP contribution < -0.4 is 5.32 Å². The highest BCUT2D eigenvalue weighted by Crippen LogP contribution is 2.23. The molecule has 1 fully saturated rings. The number of carbonyl (C=O) groups is 1. The Morgan fingerprint density at radius 3 is 3.11 bits per heavy atom. The molecule has 1 saturated carbocycles. The van der Waals surface area contributed by atoms with Crippen LogP contribution in [-0.2, 0) is 11.2 Å². The van der Waals surface area contributed by atoms with Gasteiger partial charge in [-0.3, -0.25) is 4.79 Å². The second-order valence-electron chi connectivity index (χ2n) is 5.07. The molecule has 2 rings (SSSR count). The summed E-state index contributed by atoms with van der Waals surface area (Å²) in [6.07, 6.45) is 6.44. The molecule has 0 bridgehead atoms. The van der Waals surface area contributed by atoms with Crippen LogP contribution in [0.25, 0.3) is 0 Å². The van der Waals surface area contributed by atoms with Gasteiger partial charge in [0.2, 0.25) is 5.91 Å². The van der Waals surface area contributed by atoms with Crippen LogP contribution in [0.15, 0.2) is 22.8 Å². The number of aryl methyl sites for hydroxylation is 1. The lowest BCUT2D eigenvalue weighted by molar-refractivity contribution is -0.121. The summed E-state index contributed by atoms with van der Waals surface area (Å²) in [7, 11) is 0. The lowest BCUT2D eigenvalue weighted by Crippen LogP contribution is -2.33. The number of furan rings is 1. The monoisotopic (exact) mass is 251 g/mol. The Hall–Kier alpha value is -1.29. The molecule has 1 aromatic rings. The molecule has 2 N–H and O–H groups in total. The van der Waals surface area contributed by atoms with Crippen molar-refractivity contribution >= 4 is 5.91 Å². The Morgan fingerprint density at radius 1 is 1.50 bits per heavy atom. The van der Waals surface area contributed by atoms with E-state index in [0.717, 1.165) is 31.4 Å². The molecular weight excluding hydrogens is 230 g/mol. The average Bonchev–Trinajstić information content (AvgIpc) is 2.87. The molecule has 4 nitrogen and oxygen atoms in total. The Balaban J connectivity index is 1.62. The van der Waals surface area contributed by atoms with Crippen molar-refractivity contribution in [3.8, 4) is 0 Å². The lowest BCUT2D eigenvalue weighted by atomic mass is 9.87. The first-order valence-corrected chi connectivity index (χ1v) is 6.71. The molecule has 0 aliphatic heterocycles. The summed E-state index contributed by atoms with van der Waals surface area (Å²) in [5.41, 5.74) is 0. The molecule has 1 aliphatic rings. The second-order valence-corrected chi connectivity index (χ2v) is 5.07. The van der Waals surface area contributed by atoms with Crippen LogP contribution in [0.2, 0.25) is 0 Å². The largest absolute Gasteiger partial charge is 0.469 e. The number of hydrogen-bond donors (Lipinski definition) is 2. The summed E-state index contributed by atoms with van der Waals surface area (Å²) in [5, 5.41) is 12.5. The molecule has 2 atom stereocenters. The molecule has 0 spiro atoms. The van der Waals surface area contributed by atoms with E-state index in [2.05, 4.69) is 5.32 Å². The van der Waals surface area contributed by atoms with Gasteiger partial charge in [0.15, 0.2) is 0 Å². The van der Waals surface area contributed by atoms with Gasteiger partial charge in [-0.25, -0.2) is 0 Å². The number of aliphatic hydroxyl groups is 1. The first-order valence-electron chi connectivity index (χ1n) is 6.71. The highest BCUT2D eigenvalue weighted by molar-refractivity contribution is 5.76. The van der Waals surface area contributed by atoms with E-state index in [-0.39, 0.29) is 12.0 Å². The van der Waals surface area contributed by atoms with Crippen LogP contribution in [0.3, 0.4) is 0 Å². The molecule has 0 radical (unpaired) electrons. The first kappa shape index (κ1) is 13.1. The second kappa shape index (κ2) is 6.59. The molecule has 100 valence electrons. The SMILES string of the molecule is O=C(CCc1ccco1)NCC1CCCC(O)C1. The van der Waals surface area contributed by atoms with Crippen molar-refractivity contribution in [1.82, 2.24) is 5.32 Å². The Bertz CT molecular complexity index is 361. The van der Waals surface area contributed by atoms with Crippen molar-refractivity contribution in [2.75, 3.05) is 6.54 Å². The fourth-order valence-electron chi connectivity index (χ4n) is 2.49. The number of nitrogens with one attached hydrogen (secondary N) is 1. The van der Waals surface area contributed by atoms with E-state index in [1.54, 1.807) is 6.26 Å². The lowest BCUT2D eigenvalue weighted by Gasteiger charge is -2.25.